The molecule has 1 aromatic carbocycles. The summed E-state index contributed by atoms with van der Waals surface area (Å²) in [6, 6.07) is 8.49. The lowest BCUT2D eigenvalue weighted by Crippen LogP contribution is -2.38. The molecule has 25 heavy (non-hydrogen) atoms. The lowest BCUT2D eigenvalue weighted by molar-refractivity contribution is 0.0945. The molecule has 5 heteroatoms. The van der Waals surface area contributed by atoms with Crippen LogP contribution >= 0.6 is 0 Å². The zero-order chi connectivity index (χ0) is 17.6. The minimum atomic E-state index is -0.200. The quantitative estimate of drug-likeness (QED) is 0.911. The van der Waals surface area contributed by atoms with Crippen LogP contribution in [0, 0.1) is 11.8 Å². The Bertz CT molecular complexity index is 677. The third kappa shape index (κ3) is 5.10. The molecule has 1 aliphatic rings. The van der Waals surface area contributed by atoms with Crippen LogP contribution in [0.2, 0.25) is 0 Å². The van der Waals surface area contributed by atoms with Gasteiger partial charge in [-0.15, -0.1) is 0 Å². The van der Waals surface area contributed by atoms with Crippen molar-refractivity contribution in [1.29, 1.82) is 0 Å². The van der Waals surface area contributed by atoms with Crippen LogP contribution in [0.4, 0.5) is 0 Å². The summed E-state index contributed by atoms with van der Waals surface area (Å²) in [4.78, 5) is 22.4. The van der Waals surface area contributed by atoms with E-state index in [0.717, 1.165) is 23.9 Å². The van der Waals surface area contributed by atoms with Crippen molar-refractivity contribution in [3.8, 4) is 0 Å². The molecule has 3 rings (SSSR count). The summed E-state index contributed by atoms with van der Waals surface area (Å²) in [5, 5.41) is 2.88. The van der Waals surface area contributed by atoms with Gasteiger partial charge in [-0.2, -0.15) is 0 Å². The van der Waals surface area contributed by atoms with Gasteiger partial charge in [0.15, 0.2) is 0 Å². The van der Waals surface area contributed by atoms with E-state index in [1.807, 2.05) is 0 Å². The first-order valence-corrected chi connectivity index (χ1v) is 8.94. The first-order valence-electron chi connectivity index (χ1n) is 8.94. The summed E-state index contributed by atoms with van der Waals surface area (Å²) in [6.45, 7) is 8.53. The number of rotatable bonds is 5. The van der Waals surface area contributed by atoms with Crippen LogP contribution in [0.15, 0.2) is 42.9 Å². The molecular weight excluding hydrogens is 312 g/mol. The third-order valence-electron chi connectivity index (χ3n) is 4.62. The van der Waals surface area contributed by atoms with E-state index in [1.165, 1.54) is 37.5 Å². The smallest absolute Gasteiger partial charge is 0.271 e. The molecule has 0 saturated carbocycles. The first-order chi connectivity index (χ1) is 12.1. The fraction of sp³-hybridized carbons (Fsp3) is 0.450. The van der Waals surface area contributed by atoms with Gasteiger partial charge in [-0.05, 0) is 29.4 Å². The van der Waals surface area contributed by atoms with Gasteiger partial charge in [-0.3, -0.25) is 14.7 Å². The topological polar surface area (TPSA) is 58.1 Å². The van der Waals surface area contributed by atoms with E-state index in [0.29, 0.717) is 12.2 Å². The molecule has 0 aliphatic carbocycles. The number of aromatic nitrogens is 2. The Kier molecular flexibility index (Phi) is 5.76. The second kappa shape index (κ2) is 8.21. The maximum Gasteiger partial charge on any atom is 0.271 e. The van der Waals surface area contributed by atoms with E-state index >= 15 is 0 Å². The molecule has 132 valence electrons. The minimum absolute atomic E-state index is 0.200. The van der Waals surface area contributed by atoms with Gasteiger partial charge in [0.1, 0.15) is 5.69 Å². The molecule has 2 atom stereocenters. The number of carbonyl (C=O) groups excluding carboxylic acids is 1. The minimum Gasteiger partial charge on any atom is -0.347 e. The molecule has 1 aromatic heterocycles. The van der Waals surface area contributed by atoms with Crippen LogP contribution in [-0.4, -0.2) is 33.9 Å². The van der Waals surface area contributed by atoms with Gasteiger partial charge in [0.2, 0.25) is 0 Å². The van der Waals surface area contributed by atoms with E-state index in [4.69, 9.17) is 0 Å². The van der Waals surface area contributed by atoms with Gasteiger partial charge in [-0.1, -0.05) is 38.1 Å². The van der Waals surface area contributed by atoms with E-state index in [1.54, 1.807) is 6.20 Å². The van der Waals surface area contributed by atoms with Crippen molar-refractivity contribution in [2.24, 2.45) is 11.8 Å². The zero-order valence-electron chi connectivity index (χ0n) is 15.0. The van der Waals surface area contributed by atoms with Crippen LogP contribution < -0.4 is 5.32 Å². The van der Waals surface area contributed by atoms with E-state index in [9.17, 15) is 4.79 Å². The average Bonchev–Trinajstić information content (AvgIpc) is 2.61. The van der Waals surface area contributed by atoms with Crippen molar-refractivity contribution >= 4 is 5.91 Å². The highest BCUT2D eigenvalue weighted by Gasteiger charge is 2.21. The van der Waals surface area contributed by atoms with E-state index in [-0.39, 0.29) is 5.91 Å². The van der Waals surface area contributed by atoms with Crippen molar-refractivity contribution in [2.75, 3.05) is 13.1 Å². The summed E-state index contributed by atoms with van der Waals surface area (Å²) < 4.78 is 0. The normalized spacial score (nSPS) is 21.0. The summed E-state index contributed by atoms with van der Waals surface area (Å²) >= 11 is 0. The van der Waals surface area contributed by atoms with Crippen molar-refractivity contribution in [2.45, 2.75) is 33.4 Å². The highest BCUT2D eigenvalue weighted by atomic mass is 16.1. The summed E-state index contributed by atoms with van der Waals surface area (Å²) in [6.07, 6.45) is 5.88. The van der Waals surface area contributed by atoms with Crippen molar-refractivity contribution in [3.63, 3.8) is 0 Å². The largest absolute Gasteiger partial charge is 0.347 e. The van der Waals surface area contributed by atoms with Crippen LogP contribution in [0.3, 0.4) is 0 Å². The van der Waals surface area contributed by atoms with Gasteiger partial charge >= 0.3 is 0 Å². The number of carbonyl (C=O) groups is 1. The van der Waals surface area contributed by atoms with Gasteiger partial charge < -0.3 is 5.32 Å². The monoisotopic (exact) mass is 338 g/mol. The van der Waals surface area contributed by atoms with Crippen LogP contribution in [0.25, 0.3) is 0 Å². The molecule has 2 aromatic rings. The van der Waals surface area contributed by atoms with Gasteiger partial charge in [-0.25, -0.2) is 4.98 Å². The number of hydrogen-bond donors (Lipinski definition) is 1. The summed E-state index contributed by atoms with van der Waals surface area (Å²) in [5.74, 6) is 1.35. The van der Waals surface area contributed by atoms with Crippen molar-refractivity contribution in [3.05, 3.63) is 59.7 Å². The highest BCUT2D eigenvalue weighted by Crippen LogP contribution is 2.22. The molecule has 5 nitrogen and oxygen atoms in total. The highest BCUT2D eigenvalue weighted by molar-refractivity contribution is 5.91. The number of piperidine rings is 1. The SMILES string of the molecule is CC1CC(C)CN(Cc2ccc(CNC(=O)c3cnccn3)cc2)C1. The molecule has 2 unspecified atom stereocenters. The Morgan fingerprint density at radius 3 is 2.44 bits per heavy atom. The molecule has 2 heterocycles. The summed E-state index contributed by atoms with van der Waals surface area (Å²) in [5.41, 5.74) is 2.75. The molecule has 1 saturated heterocycles. The van der Waals surface area contributed by atoms with E-state index < -0.39 is 0 Å². The second-order valence-corrected chi connectivity index (χ2v) is 7.23. The number of hydrogen-bond acceptors (Lipinski definition) is 4. The maximum atomic E-state index is 12.0. The Labute approximate surface area is 149 Å². The maximum absolute atomic E-state index is 12.0. The molecule has 1 N–H and O–H groups in total. The molecule has 1 amide bonds. The zero-order valence-corrected chi connectivity index (χ0v) is 15.0. The molecule has 1 aliphatic heterocycles. The van der Waals surface area contributed by atoms with Gasteiger partial charge in [0.05, 0.1) is 6.20 Å². The fourth-order valence-corrected chi connectivity index (χ4v) is 3.63. The lowest BCUT2D eigenvalue weighted by atomic mass is 9.91. The molecular formula is C20H26N4O. The van der Waals surface area contributed by atoms with Crippen molar-refractivity contribution in [1.82, 2.24) is 20.2 Å². The Morgan fingerprint density at radius 1 is 1.12 bits per heavy atom. The number of amides is 1. The lowest BCUT2D eigenvalue weighted by Gasteiger charge is -2.35. The number of likely N-dealkylation sites (tertiary alicyclic amines) is 1. The van der Waals surface area contributed by atoms with Crippen molar-refractivity contribution < 1.29 is 4.79 Å². The van der Waals surface area contributed by atoms with E-state index in [2.05, 4.69) is 58.3 Å². The Hall–Kier alpha value is -2.27. The molecule has 1 fully saturated rings. The molecule has 0 spiro atoms. The Morgan fingerprint density at radius 2 is 1.80 bits per heavy atom. The number of benzene rings is 1. The fourth-order valence-electron chi connectivity index (χ4n) is 3.63. The predicted molar refractivity (Wildman–Crippen MR) is 97.9 cm³/mol. The van der Waals surface area contributed by atoms with Crippen LogP contribution in [0.1, 0.15) is 41.9 Å². The van der Waals surface area contributed by atoms with Crippen LogP contribution in [0.5, 0.6) is 0 Å². The standard InChI is InChI=1S/C20H26N4O/c1-15-9-16(2)13-24(12-15)14-18-5-3-17(4-6-18)10-23-20(25)19-11-21-7-8-22-19/h3-8,11,15-16H,9-10,12-14H2,1-2H3,(H,23,25). The molecule has 0 bridgehead atoms. The third-order valence-corrected chi connectivity index (χ3v) is 4.62. The first kappa shape index (κ1) is 17.5. The summed E-state index contributed by atoms with van der Waals surface area (Å²) in [7, 11) is 0. The molecule has 0 radical (unpaired) electrons. The average molecular weight is 338 g/mol. The number of nitrogens with zero attached hydrogens (tertiary/aromatic N) is 3. The van der Waals surface area contributed by atoms with Gasteiger partial charge in [0, 0.05) is 38.6 Å². The van der Waals surface area contributed by atoms with Gasteiger partial charge in [0.25, 0.3) is 5.91 Å². The predicted octanol–water partition coefficient (Wildman–Crippen LogP) is 2.88. The second-order valence-electron chi connectivity index (χ2n) is 7.23. The Balaban J connectivity index is 1.51. The number of nitrogens with one attached hydrogen (secondary N) is 1. The van der Waals surface area contributed by atoms with Crippen LogP contribution in [-0.2, 0) is 13.1 Å².